The predicted octanol–water partition coefficient (Wildman–Crippen LogP) is 3.00. The van der Waals surface area contributed by atoms with Crippen LogP contribution >= 0.6 is 0 Å². The number of aromatic nitrogens is 5. The quantitative estimate of drug-likeness (QED) is 0.580. The fourth-order valence-electron chi connectivity index (χ4n) is 2.23. The van der Waals surface area contributed by atoms with E-state index in [1.165, 1.54) is 0 Å². The number of nitrogens with zero attached hydrogens (tertiary/aromatic N) is 5. The Balaban J connectivity index is 1.77. The summed E-state index contributed by atoms with van der Waals surface area (Å²) in [6, 6.07) is 19.5. The van der Waals surface area contributed by atoms with E-state index in [0.29, 0.717) is 11.8 Å². The molecular weight excluding hydrogens is 278 g/mol. The van der Waals surface area contributed by atoms with E-state index in [1.54, 1.807) is 10.9 Å². The monoisotopic (exact) mass is 289 g/mol. The summed E-state index contributed by atoms with van der Waals surface area (Å²) in [6.07, 6.45) is 1.73. The van der Waals surface area contributed by atoms with Crippen LogP contribution in [0.15, 0.2) is 66.9 Å². The van der Waals surface area contributed by atoms with Crippen molar-refractivity contribution in [3.8, 4) is 17.4 Å². The van der Waals surface area contributed by atoms with Crippen LogP contribution in [0, 0.1) is 0 Å². The molecule has 0 radical (unpaired) electrons. The Hall–Kier alpha value is -3.28. The van der Waals surface area contributed by atoms with Gasteiger partial charge in [0.1, 0.15) is 5.52 Å². The largest absolute Gasteiger partial charge is 0.421 e. The summed E-state index contributed by atoms with van der Waals surface area (Å²) in [5.74, 6) is 0.616. The van der Waals surface area contributed by atoms with Crippen molar-refractivity contribution in [3.63, 3.8) is 0 Å². The van der Waals surface area contributed by atoms with Crippen LogP contribution in [0.5, 0.6) is 11.8 Å². The molecular formula is C16H11N5O. The summed E-state index contributed by atoms with van der Waals surface area (Å²) in [4.78, 5) is 4.36. The van der Waals surface area contributed by atoms with E-state index < -0.39 is 0 Å². The molecule has 0 aliphatic rings. The topological polar surface area (TPSA) is 65.7 Å². The van der Waals surface area contributed by atoms with Crippen molar-refractivity contribution in [2.45, 2.75) is 0 Å². The number of hydrogen-bond acceptors (Lipinski definition) is 5. The van der Waals surface area contributed by atoms with Gasteiger partial charge in [-0.1, -0.05) is 41.5 Å². The third-order valence-corrected chi connectivity index (χ3v) is 3.24. The molecule has 2 heterocycles. The number of benzene rings is 2. The van der Waals surface area contributed by atoms with Gasteiger partial charge >= 0.3 is 6.01 Å². The van der Waals surface area contributed by atoms with Crippen molar-refractivity contribution in [1.82, 2.24) is 25.2 Å². The van der Waals surface area contributed by atoms with Crippen molar-refractivity contribution in [2.24, 2.45) is 0 Å². The molecule has 0 saturated heterocycles. The summed E-state index contributed by atoms with van der Waals surface area (Å²) in [5.41, 5.74) is 1.60. The van der Waals surface area contributed by atoms with Crippen molar-refractivity contribution in [1.29, 1.82) is 0 Å². The lowest BCUT2D eigenvalue weighted by atomic mass is 10.2. The van der Waals surface area contributed by atoms with Gasteiger partial charge in [0.15, 0.2) is 5.75 Å². The maximum Gasteiger partial charge on any atom is 0.345 e. The molecule has 0 aliphatic heterocycles. The highest BCUT2D eigenvalue weighted by Gasteiger charge is 2.12. The summed E-state index contributed by atoms with van der Waals surface area (Å²) < 4.78 is 7.42. The third-order valence-electron chi connectivity index (χ3n) is 3.24. The number of tetrazole rings is 1. The molecule has 0 bridgehead atoms. The van der Waals surface area contributed by atoms with E-state index >= 15 is 0 Å². The van der Waals surface area contributed by atoms with Gasteiger partial charge in [-0.2, -0.15) is 4.68 Å². The molecule has 6 heteroatoms. The fourth-order valence-corrected chi connectivity index (χ4v) is 2.23. The summed E-state index contributed by atoms with van der Waals surface area (Å²) in [6.45, 7) is 0. The van der Waals surface area contributed by atoms with E-state index in [0.717, 1.165) is 16.6 Å². The second-order valence-corrected chi connectivity index (χ2v) is 4.64. The summed E-state index contributed by atoms with van der Waals surface area (Å²) >= 11 is 0. The lowest BCUT2D eigenvalue weighted by Crippen LogP contribution is -2.00. The second kappa shape index (κ2) is 5.25. The SMILES string of the molecule is c1ccc(-n2nnnc2Oc2cccc3cccnc23)cc1. The summed E-state index contributed by atoms with van der Waals surface area (Å²) in [7, 11) is 0. The van der Waals surface area contributed by atoms with Crippen LogP contribution in [0.3, 0.4) is 0 Å². The number of para-hydroxylation sites is 2. The Morgan fingerprint density at radius 1 is 0.864 bits per heavy atom. The van der Waals surface area contributed by atoms with E-state index in [4.69, 9.17) is 4.74 Å². The zero-order valence-corrected chi connectivity index (χ0v) is 11.5. The van der Waals surface area contributed by atoms with Crippen LogP contribution in [0.4, 0.5) is 0 Å². The molecule has 22 heavy (non-hydrogen) atoms. The highest BCUT2D eigenvalue weighted by molar-refractivity contribution is 5.84. The van der Waals surface area contributed by atoms with Crippen molar-refractivity contribution >= 4 is 10.9 Å². The Morgan fingerprint density at radius 3 is 2.64 bits per heavy atom. The first-order valence-electron chi connectivity index (χ1n) is 6.77. The zero-order chi connectivity index (χ0) is 14.8. The molecule has 4 rings (SSSR count). The maximum atomic E-state index is 5.88. The van der Waals surface area contributed by atoms with E-state index in [9.17, 15) is 0 Å². The Kier molecular flexibility index (Phi) is 2.97. The van der Waals surface area contributed by atoms with Gasteiger partial charge in [0, 0.05) is 11.6 Å². The van der Waals surface area contributed by atoms with E-state index in [1.807, 2.05) is 60.7 Å². The molecule has 6 nitrogen and oxygen atoms in total. The van der Waals surface area contributed by atoms with Crippen LogP contribution < -0.4 is 4.74 Å². The highest BCUT2D eigenvalue weighted by atomic mass is 16.5. The van der Waals surface area contributed by atoms with Gasteiger partial charge in [-0.05, 0) is 34.7 Å². The van der Waals surface area contributed by atoms with Gasteiger partial charge < -0.3 is 4.74 Å². The summed E-state index contributed by atoms with van der Waals surface area (Å²) in [5, 5.41) is 12.6. The molecule has 0 N–H and O–H groups in total. The first-order valence-corrected chi connectivity index (χ1v) is 6.77. The van der Waals surface area contributed by atoms with Crippen LogP contribution in [0.25, 0.3) is 16.6 Å². The highest BCUT2D eigenvalue weighted by Crippen LogP contribution is 2.27. The Bertz CT molecular complexity index is 915. The second-order valence-electron chi connectivity index (χ2n) is 4.64. The molecule has 0 aliphatic carbocycles. The number of rotatable bonds is 3. The van der Waals surface area contributed by atoms with Crippen molar-refractivity contribution in [2.75, 3.05) is 0 Å². The average molecular weight is 289 g/mol. The van der Waals surface area contributed by atoms with Crippen molar-refractivity contribution < 1.29 is 4.74 Å². The van der Waals surface area contributed by atoms with E-state index in [2.05, 4.69) is 20.5 Å². The van der Waals surface area contributed by atoms with Gasteiger partial charge in [-0.15, -0.1) is 0 Å². The first kappa shape index (κ1) is 12.5. The van der Waals surface area contributed by atoms with Gasteiger partial charge in [0.2, 0.25) is 0 Å². The minimum Gasteiger partial charge on any atom is -0.421 e. The smallest absolute Gasteiger partial charge is 0.345 e. The molecule has 0 spiro atoms. The minimum absolute atomic E-state index is 0.296. The molecule has 0 atom stereocenters. The normalized spacial score (nSPS) is 10.7. The first-order chi connectivity index (χ1) is 10.9. The molecule has 0 saturated carbocycles. The molecule has 2 aromatic heterocycles. The third kappa shape index (κ3) is 2.16. The molecule has 4 aromatic rings. The average Bonchev–Trinajstić information content (AvgIpc) is 3.04. The number of hydrogen-bond donors (Lipinski definition) is 0. The molecule has 2 aromatic carbocycles. The van der Waals surface area contributed by atoms with Crippen LogP contribution in [0.2, 0.25) is 0 Å². The Morgan fingerprint density at radius 2 is 1.73 bits per heavy atom. The van der Waals surface area contributed by atoms with Gasteiger partial charge in [0.25, 0.3) is 0 Å². The fraction of sp³-hybridized carbons (Fsp3) is 0. The Labute approximate surface area is 126 Å². The van der Waals surface area contributed by atoms with Crippen molar-refractivity contribution in [3.05, 3.63) is 66.9 Å². The van der Waals surface area contributed by atoms with Gasteiger partial charge in [-0.3, -0.25) is 4.98 Å². The number of fused-ring (bicyclic) bond motifs is 1. The zero-order valence-electron chi connectivity index (χ0n) is 11.5. The molecule has 0 unspecified atom stereocenters. The van der Waals surface area contributed by atoms with Gasteiger partial charge in [0.05, 0.1) is 5.69 Å². The minimum atomic E-state index is 0.296. The van der Waals surface area contributed by atoms with Crippen LogP contribution in [0.1, 0.15) is 0 Å². The molecule has 106 valence electrons. The molecule has 0 amide bonds. The molecule has 0 fully saturated rings. The number of pyridine rings is 1. The lowest BCUT2D eigenvalue weighted by molar-refractivity contribution is 0.431. The number of ether oxygens (including phenoxy) is 1. The van der Waals surface area contributed by atoms with Gasteiger partial charge in [-0.25, -0.2) is 0 Å². The lowest BCUT2D eigenvalue weighted by Gasteiger charge is -2.07. The van der Waals surface area contributed by atoms with E-state index in [-0.39, 0.29) is 0 Å². The van der Waals surface area contributed by atoms with Crippen LogP contribution in [-0.2, 0) is 0 Å². The predicted molar refractivity (Wildman–Crippen MR) is 81.0 cm³/mol. The maximum absolute atomic E-state index is 5.88. The standard InChI is InChI=1S/C16H11N5O/c1-2-8-13(9-3-1)21-16(18-19-20-21)22-14-10-4-6-12-7-5-11-17-15(12)14/h1-11H. The van der Waals surface area contributed by atoms with Crippen LogP contribution in [-0.4, -0.2) is 25.2 Å².